The molecule has 0 saturated carbocycles. The third-order valence-corrected chi connectivity index (χ3v) is 4.89. The number of nitrogens with one attached hydrogen (secondary N) is 2. The maximum atomic E-state index is 11.8. The number of hydrogen-bond donors (Lipinski definition) is 3. The van der Waals surface area contributed by atoms with Crippen molar-refractivity contribution in [1.29, 1.82) is 0 Å². The highest BCUT2D eigenvalue weighted by Crippen LogP contribution is 2.26. The molecule has 0 aliphatic carbocycles. The third-order valence-electron chi connectivity index (χ3n) is 4.89. The minimum Gasteiger partial charge on any atom is -0.497 e. The van der Waals surface area contributed by atoms with Crippen LogP contribution in [0.4, 0.5) is 4.79 Å². The predicted octanol–water partition coefficient (Wildman–Crippen LogP) is 2.53. The van der Waals surface area contributed by atoms with Crippen molar-refractivity contribution in [1.82, 2.24) is 15.5 Å². The van der Waals surface area contributed by atoms with E-state index in [4.69, 9.17) is 14.2 Å². The predicted molar refractivity (Wildman–Crippen MR) is 131 cm³/mol. The highest BCUT2D eigenvalue weighted by molar-refractivity contribution is 14.0. The number of nitrogens with zero attached hydrogens (tertiary/aromatic N) is 2. The van der Waals surface area contributed by atoms with Crippen LogP contribution in [0.15, 0.2) is 23.2 Å². The van der Waals surface area contributed by atoms with Crippen LogP contribution < -0.4 is 20.1 Å². The van der Waals surface area contributed by atoms with E-state index < -0.39 is 6.10 Å². The molecule has 9 nitrogen and oxygen atoms in total. The average molecular weight is 550 g/mol. The molecule has 0 aromatic heterocycles. The molecule has 3 N–H and O–H groups in total. The molecule has 1 aliphatic heterocycles. The van der Waals surface area contributed by atoms with Crippen LogP contribution in [0, 0.1) is 0 Å². The van der Waals surface area contributed by atoms with Crippen LogP contribution in [0.2, 0.25) is 0 Å². The van der Waals surface area contributed by atoms with Gasteiger partial charge in [-0.3, -0.25) is 4.99 Å². The molecule has 1 aromatic rings. The quantitative estimate of drug-likeness (QED) is 0.260. The van der Waals surface area contributed by atoms with Gasteiger partial charge in [-0.25, -0.2) is 4.79 Å². The lowest BCUT2D eigenvalue weighted by Crippen LogP contribution is -2.50. The zero-order chi connectivity index (χ0) is 21.9. The number of hydrogen-bond acceptors (Lipinski definition) is 6. The van der Waals surface area contributed by atoms with Crippen molar-refractivity contribution in [2.45, 2.75) is 38.8 Å². The first-order valence-corrected chi connectivity index (χ1v) is 10.4. The van der Waals surface area contributed by atoms with Crippen molar-refractivity contribution < 1.29 is 24.1 Å². The average Bonchev–Trinajstić information content (AvgIpc) is 2.77. The van der Waals surface area contributed by atoms with E-state index in [1.807, 2.05) is 6.92 Å². The SMILES string of the molecule is CCNC(=NCC(O)c1cc(OC)cc(OC)c1)NC1CCN(C(=O)OCC)CC1.I. The minimum absolute atomic E-state index is 0. The van der Waals surface area contributed by atoms with E-state index in [0.29, 0.717) is 49.3 Å². The lowest BCUT2D eigenvalue weighted by atomic mass is 10.1. The summed E-state index contributed by atoms with van der Waals surface area (Å²) in [6.07, 6.45) is 0.557. The van der Waals surface area contributed by atoms with Gasteiger partial charge in [-0.1, -0.05) is 0 Å². The number of amides is 1. The molecule has 1 aliphatic rings. The monoisotopic (exact) mass is 550 g/mol. The highest BCUT2D eigenvalue weighted by Gasteiger charge is 2.24. The lowest BCUT2D eigenvalue weighted by Gasteiger charge is -2.32. The van der Waals surface area contributed by atoms with Crippen molar-refractivity contribution in [2.24, 2.45) is 4.99 Å². The van der Waals surface area contributed by atoms with Crippen LogP contribution in [0.5, 0.6) is 11.5 Å². The Bertz CT molecular complexity index is 689. The van der Waals surface area contributed by atoms with E-state index in [0.717, 1.165) is 12.8 Å². The van der Waals surface area contributed by atoms with Crippen molar-refractivity contribution in [2.75, 3.05) is 47.0 Å². The molecule has 1 aromatic carbocycles. The number of halogens is 1. The van der Waals surface area contributed by atoms with Crippen molar-refractivity contribution in [3.8, 4) is 11.5 Å². The number of ether oxygens (including phenoxy) is 3. The molecular weight excluding hydrogens is 515 g/mol. The number of rotatable bonds is 8. The molecule has 0 bridgehead atoms. The molecule has 1 heterocycles. The van der Waals surface area contributed by atoms with Gasteiger partial charge in [0, 0.05) is 31.7 Å². The number of guanidine groups is 1. The van der Waals surface area contributed by atoms with Gasteiger partial charge in [0.25, 0.3) is 0 Å². The molecule has 176 valence electrons. The van der Waals surface area contributed by atoms with Crippen LogP contribution in [0.1, 0.15) is 38.4 Å². The molecule has 1 amide bonds. The molecule has 0 spiro atoms. The standard InChI is InChI=1S/C21H34N4O5.HI/c1-5-22-20(24-16-7-9-25(10-8-16)21(27)30-6-2)23-14-19(26)15-11-17(28-3)13-18(12-15)29-4;/h11-13,16,19,26H,5-10,14H2,1-4H3,(H2,22,23,24);1H. The zero-order valence-corrected chi connectivity index (χ0v) is 21.0. The number of benzene rings is 1. The van der Waals surface area contributed by atoms with Gasteiger partial charge in [0.15, 0.2) is 5.96 Å². The first kappa shape index (κ1) is 27.1. The molecular formula is C21H35IN4O5. The van der Waals surface area contributed by atoms with Gasteiger partial charge in [0.05, 0.1) is 33.5 Å². The van der Waals surface area contributed by atoms with E-state index in [-0.39, 0.29) is 42.7 Å². The Kier molecular flexibility index (Phi) is 12.4. The number of likely N-dealkylation sites (tertiary alicyclic amines) is 1. The Hall–Kier alpha value is -1.95. The van der Waals surface area contributed by atoms with Crippen LogP contribution in [0.25, 0.3) is 0 Å². The third kappa shape index (κ3) is 8.60. The molecule has 31 heavy (non-hydrogen) atoms. The lowest BCUT2D eigenvalue weighted by molar-refractivity contribution is 0.0963. The maximum Gasteiger partial charge on any atom is 0.409 e. The molecule has 10 heteroatoms. The summed E-state index contributed by atoms with van der Waals surface area (Å²) < 4.78 is 15.6. The van der Waals surface area contributed by atoms with Gasteiger partial charge >= 0.3 is 6.09 Å². The number of aliphatic hydroxyl groups is 1. The normalized spacial score (nSPS) is 15.5. The number of aliphatic imine (C=N–C) groups is 1. The molecule has 2 rings (SSSR count). The van der Waals surface area contributed by atoms with Gasteiger partial charge in [0.1, 0.15) is 11.5 Å². The van der Waals surface area contributed by atoms with Crippen molar-refractivity contribution >= 4 is 36.0 Å². The van der Waals surface area contributed by atoms with E-state index in [9.17, 15) is 9.90 Å². The Morgan fingerprint density at radius 1 is 1.19 bits per heavy atom. The van der Waals surface area contributed by atoms with Gasteiger partial charge in [-0.15, -0.1) is 24.0 Å². The van der Waals surface area contributed by atoms with E-state index >= 15 is 0 Å². The molecule has 1 unspecified atom stereocenters. The van der Waals surface area contributed by atoms with Crippen LogP contribution in [-0.2, 0) is 4.74 Å². The largest absolute Gasteiger partial charge is 0.497 e. The molecule has 1 atom stereocenters. The Balaban J connectivity index is 0.00000480. The number of carbonyl (C=O) groups excluding carboxylic acids is 1. The first-order chi connectivity index (χ1) is 14.5. The Morgan fingerprint density at radius 3 is 2.32 bits per heavy atom. The fourth-order valence-corrected chi connectivity index (χ4v) is 3.24. The minimum atomic E-state index is -0.796. The smallest absolute Gasteiger partial charge is 0.409 e. The zero-order valence-electron chi connectivity index (χ0n) is 18.7. The van der Waals surface area contributed by atoms with E-state index in [2.05, 4.69) is 15.6 Å². The summed E-state index contributed by atoms with van der Waals surface area (Å²) in [5.41, 5.74) is 0.675. The summed E-state index contributed by atoms with van der Waals surface area (Å²) in [7, 11) is 3.15. The van der Waals surface area contributed by atoms with Gasteiger partial charge in [-0.05, 0) is 44.4 Å². The fraction of sp³-hybridized carbons (Fsp3) is 0.619. The summed E-state index contributed by atoms with van der Waals surface area (Å²) in [6.45, 7) is 6.36. The maximum absolute atomic E-state index is 11.8. The second-order valence-electron chi connectivity index (χ2n) is 6.99. The Labute approximate surface area is 201 Å². The molecule has 1 saturated heterocycles. The topological polar surface area (TPSA) is 105 Å². The van der Waals surface area contributed by atoms with Gasteiger partial charge < -0.3 is 34.9 Å². The van der Waals surface area contributed by atoms with E-state index in [1.54, 1.807) is 44.2 Å². The number of carbonyl (C=O) groups is 1. The molecule has 0 radical (unpaired) electrons. The van der Waals surface area contributed by atoms with Crippen molar-refractivity contribution in [3.63, 3.8) is 0 Å². The number of methoxy groups -OCH3 is 2. The van der Waals surface area contributed by atoms with Crippen molar-refractivity contribution in [3.05, 3.63) is 23.8 Å². The highest BCUT2D eigenvalue weighted by atomic mass is 127. The summed E-state index contributed by atoms with van der Waals surface area (Å²) in [5, 5.41) is 17.2. The number of piperidine rings is 1. The summed E-state index contributed by atoms with van der Waals surface area (Å²) >= 11 is 0. The van der Waals surface area contributed by atoms with E-state index in [1.165, 1.54) is 0 Å². The summed E-state index contributed by atoms with van der Waals surface area (Å²) in [5.74, 6) is 1.87. The van der Waals surface area contributed by atoms with Crippen LogP contribution in [-0.4, -0.2) is 75.1 Å². The second kappa shape index (κ2) is 14.2. The number of aliphatic hydroxyl groups excluding tert-OH is 1. The van der Waals surface area contributed by atoms with Crippen LogP contribution in [0.3, 0.4) is 0 Å². The summed E-state index contributed by atoms with van der Waals surface area (Å²) in [4.78, 5) is 18.1. The Morgan fingerprint density at radius 2 is 1.81 bits per heavy atom. The van der Waals surface area contributed by atoms with Crippen LogP contribution >= 0.6 is 24.0 Å². The first-order valence-electron chi connectivity index (χ1n) is 10.4. The second-order valence-corrected chi connectivity index (χ2v) is 6.99. The molecule has 1 fully saturated rings. The van der Waals surface area contributed by atoms with Gasteiger partial charge in [-0.2, -0.15) is 0 Å². The fourth-order valence-electron chi connectivity index (χ4n) is 3.24. The summed E-state index contributed by atoms with van der Waals surface area (Å²) in [6, 6.07) is 5.50. The van der Waals surface area contributed by atoms with Gasteiger partial charge in [0.2, 0.25) is 0 Å².